The summed E-state index contributed by atoms with van der Waals surface area (Å²) in [6, 6.07) is 10.0. The smallest absolute Gasteiger partial charge is 0.311 e. The van der Waals surface area contributed by atoms with Crippen molar-refractivity contribution in [2.24, 2.45) is 4.36 Å². The second-order valence-electron chi connectivity index (χ2n) is 5.50. The number of hydrogen-bond acceptors (Lipinski definition) is 4. The van der Waals surface area contributed by atoms with Crippen molar-refractivity contribution in [2.45, 2.75) is 50.2 Å². The lowest BCUT2D eigenvalue weighted by atomic mass is 9.89. The minimum atomic E-state index is -2.32. The Labute approximate surface area is 121 Å². The van der Waals surface area contributed by atoms with Crippen LogP contribution in [0, 0.1) is 0 Å². The predicted molar refractivity (Wildman–Crippen MR) is 78.2 cm³/mol. The molecule has 0 heterocycles. The molecule has 0 spiro atoms. The topological polar surface area (TPSA) is 55.7 Å². The number of nitrogens with zero attached hydrogens (tertiary/aromatic N) is 1. The largest absolute Gasteiger partial charge is 0.382 e. The monoisotopic (exact) mass is 295 g/mol. The molecule has 5 heteroatoms. The molecule has 4 nitrogen and oxygen atoms in total. The first-order chi connectivity index (χ1) is 9.58. The van der Waals surface area contributed by atoms with Gasteiger partial charge in [-0.1, -0.05) is 30.3 Å². The molecule has 1 aromatic carbocycles. The van der Waals surface area contributed by atoms with Crippen molar-refractivity contribution in [3.63, 3.8) is 0 Å². The zero-order chi connectivity index (χ0) is 14.6. The number of hydrogen-bond donors (Lipinski definition) is 0. The van der Waals surface area contributed by atoms with E-state index in [0.717, 1.165) is 25.7 Å². The first kappa shape index (κ1) is 15.2. The fraction of sp³-hybridized carbons (Fsp3) is 0.600. The standard InChI is InChI=1S/C15H21NO3S/c1-12(19-2)7-6-10-15(11-14(15)16-20(17)18)13-8-4-3-5-9-13/h3-5,8-9,12,14H,6-7,10-11H2,1-2H3. The normalized spacial score (nSPS) is 26.0. The first-order valence-electron chi connectivity index (χ1n) is 6.97. The molecule has 2 rings (SSSR count). The van der Waals surface area contributed by atoms with Gasteiger partial charge in [-0.05, 0) is 38.2 Å². The highest BCUT2D eigenvalue weighted by Crippen LogP contribution is 2.54. The molecule has 1 aliphatic carbocycles. The number of methoxy groups -OCH3 is 1. The van der Waals surface area contributed by atoms with Gasteiger partial charge in [-0.2, -0.15) is 12.8 Å². The summed E-state index contributed by atoms with van der Waals surface area (Å²) >= 11 is 0. The first-order valence-corrected chi connectivity index (χ1v) is 8.00. The van der Waals surface area contributed by atoms with Crippen molar-refractivity contribution in [1.29, 1.82) is 0 Å². The van der Waals surface area contributed by atoms with E-state index in [1.54, 1.807) is 7.11 Å². The summed E-state index contributed by atoms with van der Waals surface area (Å²) in [6.45, 7) is 2.05. The summed E-state index contributed by atoms with van der Waals surface area (Å²) in [7, 11) is -0.603. The molecule has 110 valence electrons. The lowest BCUT2D eigenvalue weighted by Crippen LogP contribution is -2.13. The minimum Gasteiger partial charge on any atom is -0.382 e. The van der Waals surface area contributed by atoms with E-state index in [2.05, 4.69) is 23.4 Å². The molecule has 0 aliphatic heterocycles. The van der Waals surface area contributed by atoms with Crippen LogP contribution in [0.1, 0.15) is 38.2 Å². The Bertz CT molecular complexity index is 562. The summed E-state index contributed by atoms with van der Waals surface area (Å²) in [5.74, 6) is 0. The van der Waals surface area contributed by atoms with Gasteiger partial charge in [0.05, 0.1) is 12.1 Å². The molecule has 1 aliphatic rings. The molecular weight excluding hydrogens is 274 g/mol. The maximum Gasteiger partial charge on any atom is 0.311 e. The van der Waals surface area contributed by atoms with Crippen LogP contribution < -0.4 is 0 Å². The van der Waals surface area contributed by atoms with Gasteiger partial charge in [-0.25, -0.2) is 0 Å². The summed E-state index contributed by atoms with van der Waals surface area (Å²) in [6.07, 6.45) is 4.02. The van der Waals surface area contributed by atoms with Gasteiger partial charge in [-0.15, -0.1) is 0 Å². The van der Waals surface area contributed by atoms with Crippen LogP contribution in [0.5, 0.6) is 0 Å². The number of benzene rings is 1. The van der Waals surface area contributed by atoms with Gasteiger partial charge >= 0.3 is 10.5 Å². The number of ether oxygens (including phenoxy) is 1. The van der Waals surface area contributed by atoms with Crippen molar-refractivity contribution in [3.05, 3.63) is 35.9 Å². The molecule has 1 aromatic rings. The van der Waals surface area contributed by atoms with Gasteiger partial charge in [0.15, 0.2) is 0 Å². The zero-order valence-electron chi connectivity index (χ0n) is 12.0. The SMILES string of the molecule is COC(C)CCCC1(c2ccccc2)CC1N=S(=O)=O. The lowest BCUT2D eigenvalue weighted by Gasteiger charge is -2.17. The molecule has 3 atom stereocenters. The Morgan fingerprint density at radius 1 is 1.40 bits per heavy atom. The molecule has 0 amide bonds. The van der Waals surface area contributed by atoms with Crippen LogP contribution in [0.3, 0.4) is 0 Å². The Morgan fingerprint density at radius 3 is 2.70 bits per heavy atom. The summed E-state index contributed by atoms with van der Waals surface area (Å²) in [4.78, 5) is 0. The van der Waals surface area contributed by atoms with Crippen molar-refractivity contribution >= 4 is 10.5 Å². The third-order valence-corrected chi connectivity index (χ3v) is 4.66. The molecular formula is C15H21NO3S. The van der Waals surface area contributed by atoms with E-state index in [0.29, 0.717) is 0 Å². The maximum atomic E-state index is 10.8. The molecule has 0 bridgehead atoms. The molecule has 20 heavy (non-hydrogen) atoms. The van der Waals surface area contributed by atoms with E-state index >= 15 is 0 Å². The molecule has 0 radical (unpaired) electrons. The Kier molecular flexibility index (Phi) is 4.94. The zero-order valence-corrected chi connectivity index (χ0v) is 12.8. The van der Waals surface area contributed by atoms with Crippen LogP contribution in [0.2, 0.25) is 0 Å². The molecule has 1 fully saturated rings. The highest BCUT2D eigenvalue weighted by molar-refractivity contribution is 7.61. The van der Waals surface area contributed by atoms with Crippen molar-refractivity contribution in [1.82, 2.24) is 0 Å². The van der Waals surface area contributed by atoms with Gasteiger partial charge < -0.3 is 4.74 Å². The number of rotatable bonds is 7. The van der Waals surface area contributed by atoms with Crippen LogP contribution in [0.4, 0.5) is 0 Å². The lowest BCUT2D eigenvalue weighted by molar-refractivity contribution is 0.108. The highest BCUT2D eigenvalue weighted by Gasteiger charge is 2.55. The van der Waals surface area contributed by atoms with Gasteiger partial charge in [-0.3, -0.25) is 0 Å². The van der Waals surface area contributed by atoms with Crippen LogP contribution in [-0.2, 0) is 20.7 Å². The van der Waals surface area contributed by atoms with Crippen LogP contribution in [0.15, 0.2) is 34.7 Å². The average molecular weight is 295 g/mol. The average Bonchev–Trinajstić information content (AvgIpc) is 3.13. The van der Waals surface area contributed by atoms with Crippen LogP contribution in [-0.4, -0.2) is 27.7 Å². The van der Waals surface area contributed by atoms with E-state index in [1.165, 1.54) is 5.56 Å². The predicted octanol–water partition coefficient (Wildman–Crippen LogP) is 2.96. The van der Waals surface area contributed by atoms with Gasteiger partial charge in [0.25, 0.3) is 0 Å². The third kappa shape index (κ3) is 3.46. The van der Waals surface area contributed by atoms with Gasteiger partial charge in [0.2, 0.25) is 0 Å². The summed E-state index contributed by atoms with van der Waals surface area (Å²) < 4.78 is 30.7. The Balaban J connectivity index is 2.10. The molecule has 3 unspecified atom stereocenters. The highest BCUT2D eigenvalue weighted by atomic mass is 32.2. The van der Waals surface area contributed by atoms with Crippen molar-refractivity contribution < 1.29 is 13.2 Å². The summed E-state index contributed by atoms with van der Waals surface area (Å²) in [5, 5.41) is 0. The van der Waals surface area contributed by atoms with E-state index in [-0.39, 0.29) is 17.6 Å². The van der Waals surface area contributed by atoms with Crippen LogP contribution in [0.25, 0.3) is 0 Å². The van der Waals surface area contributed by atoms with Gasteiger partial charge in [0, 0.05) is 12.5 Å². The fourth-order valence-electron chi connectivity index (χ4n) is 2.84. The van der Waals surface area contributed by atoms with Crippen molar-refractivity contribution in [3.8, 4) is 0 Å². The third-order valence-electron chi connectivity index (χ3n) is 4.23. The van der Waals surface area contributed by atoms with E-state index in [9.17, 15) is 8.42 Å². The second-order valence-corrected chi connectivity index (χ2v) is 6.15. The fourth-order valence-corrected chi connectivity index (χ4v) is 3.33. The van der Waals surface area contributed by atoms with E-state index in [1.807, 2.05) is 18.2 Å². The molecule has 0 saturated heterocycles. The molecule has 1 saturated carbocycles. The quantitative estimate of drug-likeness (QED) is 0.777. The van der Waals surface area contributed by atoms with E-state index < -0.39 is 10.5 Å². The van der Waals surface area contributed by atoms with Crippen LogP contribution >= 0.6 is 0 Å². The van der Waals surface area contributed by atoms with Gasteiger partial charge in [0.1, 0.15) is 0 Å². The maximum absolute atomic E-state index is 10.8. The van der Waals surface area contributed by atoms with E-state index in [4.69, 9.17) is 4.74 Å². The second kappa shape index (κ2) is 6.50. The minimum absolute atomic E-state index is 0.0885. The molecule has 0 N–H and O–H groups in total. The Morgan fingerprint density at radius 2 is 2.10 bits per heavy atom. The Hall–Kier alpha value is -1.20. The summed E-state index contributed by atoms with van der Waals surface area (Å²) in [5.41, 5.74) is 1.11. The molecule has 0 aromatic heterocycles. The van der Waals surface area contributed by atoms with Crippen molar-refractivity contribution in [2.75, 3.05) is 7.11 Å².